The lowest BCUT2D eigenvalue weighted by Gasteiger charge is -2.06. The van der Waals surface area contributed by atoms with Gasteiger partial charge in [-0.05, 0) is 35.9 Å². The molecule has 0 unspecified atom stereocenters. The lowest BCUT2D eigenvalue weighted by Crippen LogP contribution is -2.04. The third kappa shape index (κ3) is 3.30. The first-order valence-electron chi connectivity index (χ1n) is 8.81. The second kappa shape index (κ2) is 6.94. The van der Waals surface area contributed by atoms with Crippen LogP contribution in [0.2, 0.25) is 0 Å². The van der Waals surface area contributed by atoms with Crippen LogP contribution in [0.4, 0.5) is 11.6 Å². The molecule has 0 saturated carbocycles. The van der Waals surface area contributed by atoms with E-state index >= 15 is 0 Å². The van der Waals surface area contributed by atoms with Crippen LogP contribution < -0.4 is 5.32 Å². The van der Waals surface area contributed by atoms with Gasteiger partial charge in [0, 0.05) is 17.8 Å². The van der Waals surface area contributed by atoms with Crippen molar-refractivity contribution in [2.45, 2.75) is 6.54 Å². The van der Waals surface area contributed by atoms with Gasteiger partial charge in [0.2, 0.25) is 5.65 Å². The molecule has 5 rings (SSSR count). The maximum Gasteiger partial charge on any atom is 0.221 e. The number of pyridine rings is 2. The number of aromatic nitrogens is 7. The van der Waals surface area contributed by atoms with Crippen LogP contribution in [0.15, 0.2) is 61.1 Å². The van der Waals surface area contributed by atoms with Crippen molar-refractivity contribution in [1.82, 2.24) is 34.9 Å². The third-order valence-electron chi connectivity index (χ3n) is 4.38. The van der Waals surface area contributed by atoms with Crippen LogP contribution in [0.25, 0.3) is 22.2 Å². The largest absolute Gasteiger partial charge is 0.324 e. The Morgan fingerprint density at radius 1 is 1.00 bits per heavy atom. The number of benzene rings is 1. The molecule has 29 heavy (non-hydrogen) atoms. The van der Waals surface area contributed by atoms with E-state index in [2.05, 4.69) is 41.6 Å². The molecule has 1 aromatic carbocycles. The molecule has 0 spiro atoms. The minimum absolute atomic E-state index is 0.464. The molecular formula is C20H13N9. The van der Waals surface area contributed by atoms with Crippen molar-refractivity contribution in [3.63, 3.8) is 0 Å². The molecule has 0 radical (unpaired) electrons. The van der Waals surface area contributed by atoms with Crippen LogP contribution >= 0.6 is 0 Å². The fourth-order valence-corrected chi connectivity index (χ4v) is 2.98. The van der Waals surface area contributed by atoms with Gasteiger partial charge in [-0.3, -0.25) is 4.98 Å². The maximum atomic E-state index is 8.87. The van der Waals surface area contributed by atoms with E-state index in [0.717, 1.165) is 16.5 Å². The van der Waals surface area contributed by atoms with E-state index in [1.165, 1.54) is 6.20 Å². The molecule has 0 saturated heterocycles. The van der Waals surface area contributed by atoms with Crippen molar-refractivity contribution < 1.29 is 0 Å². The maximum absolute atomic E-state index is 8.87. The van der Waals surface area contributed by atoms with Crippen LogP contribution in [0.1, 0.15) is 11.1 Å². The summed E-state index contributed by atoms with van der Waals surface area (Å²) in [5, 5.41) is 21.3. The normalized spacial score (nSPS) is 10.9. The van der Waals surface area contributed by atoms with E-state index in [0.29, 0.717) is 35.0 Å². The molecule has 5 aromatic rings. The molecule has 0 fully saturated rings. The summed E-state index contributed by atoms with van der Waals surface area (Å²) in [7, 11) is 0. The first-order chi connectivity index (χ1) is 14.3. The highest BCUT2D eigenvalue weighted by molar-refractivity contribution is 5.79. The van der Waals surface area contributed by atoms with E-state index in [1.54, 1.807) is 29.2 Å². The SMILES string of the molecule is N#Cc1ccc(Nc2cnc3nnn(Cc4ccc5ncccc5c4)c3n2)nc1. The average molecular weight is 379 g/mol. The fourth-order valence-electron chi connectivity index (χ4n) is 2.98. The van der Waals surface area contributed by atoms with Gasteiger partial charge in [0.05, 0.1) is 23.8 Å². The Hall–Kier alpha value is -4.45. The number of hydrogen-bond acceptors (Lipinski definition) is 8. The van der Waals surface area contributed by atoms with E-state index in [1.807, 2.05) is 30.3 Å². The van der Waals surface area contributed by atoms with Crippen molar-refractivity contribution in [1.29, 1.82) is 5.26 Å². The van der Waals surface area contributed by atoms with Crippen molar-refractivity contribution in [2.24, 2.45) is 0 Å². The van der Waals surface area contributed by atoms with Crippen molar-refractivity contribution in [3.8, 4) is 6.07 Å². The molecule has 138 valence electrons. The standard InChI is InChI=1S/C20H13N9/c21-9-14-4-6-17(23-10-14)25-18-11-24-19-20(26-18)29(28-27-19)12-13-3-5-16-15(8-13)2-1-7-22-16/h1-8,10-11H,12H2,(H,23,25,26). The van der Waals surface area contributed by atoms with Gasteiger partial charge in [-0.25, -0.2) is 19.6 Å². The van der Waals surface area contributed by atoms with Crippen molar-refractivity contribution in [2.75, 3.05) is 5.32 Å². The third-order valence-corrected chi connectivity index (χ3v) is 4.38. The van der Waals surface area contributed by atoms with Gasteiger partial charge in [0.15, 0.2) is 11.5 Å². The number of anilines is 2. The molecule has 1 N–H and O–H groups in total. The molecule has 0 atom stereocenters. The molecule has 4 aromatic heterocycles. The number of fused-ring (bicyclic) bond motifs is 2. The number of nitriles is 1. The summed E-state index contributed by atoms with van der Waals surface area (Å²) < 4.78 is 1.71. The van der Waals surface area contributed by atoms with Crippen LogP contribution in [0.3, 0.4) is 0 Å². The fraction of sp³-hybridized carbons (Fsp3) is 0.0500. The lowest BCUT2D eigenvalue weighted by molar-refractivity contribution is 0.664. The Kier molecular flexibility index (Phi) is 4.00. The van der Waals surface area contributed by atoms with E-state index in [-0.39, 0.29) is 0 Å². The lowest BCUT2D eigenvalue weighted by atomic mass is 10.1. The van der Waals surface area contributed by atoms with Crippen molar-refractivity contribution >= 4 is 33.8 Å². The van der Waals surface area contributed by atoms with Gasteiger partial charge in [-0.15, -0.1) is 5.10 Å². The number of nitrogens with one attached hydrogen (secondary N) is 1. The summed E-state index contributed by atoms with van der Waals surface area (Å²) in [6.45, 7) is 0.509. The first-order valence-corrected chi connectivity index (χ1v) is 8.81. The molecule has 0 aliphatic rings. The summed E-state index contributed by atoms with van der Waals surface area (Å²) in [4.78, 5) is 17.4. The average Bonchev–Trinajstić information content (AvgIpc) is 3.16. The monoisotopic (exact) mass is 379 g/mol. The molecule has 4 heterocycles. The summed E-state index contributed by atoms with van der Waals surface area (Å²) in [5.41, 5.74) is 3.53. The van der Waals surface area contributed by atoms with Gasteiger partial charge >= 0.3 is 0 Å². The molecule has 0 aliphatic carbocycles. The molecule has 0 amide bonds. The second-order valence-corrected chi connectivity index (χ2v) is 6.35. The zero-order chi connectivity index (χ0) is 19.6. The van der Waals surface area contributed by atoms with Gasteiger partial charge < -0.3 is 5.32 Å². The van der Waals surface area contributed by atoms with E-state index in [9.17, 15) is 0 Å². The minimum atomic E-state index is 0.464. The van der Waals surface area contributed by atoms with E-state index < -0.39 is 0 Å². The topological polar surface area (TPSA) is 118 Å². The van der Waals surface area contributed by atoms with E-state index in [4.69, 9.17) is 5.26 Å². The van der Waals surface area contributed by atoms with Gasteiger partial charge in [0.1, 0.15) is 11.9 Å². The number of nitrogens with zero attached hydrogens (tertiary/aromatic N) is 8. The summed E-state index contributed by atoms with van der Waals surface area (Å²) in [6.07, 6.45) is 4.84. The van der Waals surface area contributed by atoms with Crippen LogP contribution in [0, 0.1) is 11.3 Å². The Bertz CT molecular complexity index is 1370. The summed E-state index contributed by atoms with van der Waals surface area (Å²) in [5.74, 6) is 1.08. The summed E-state index contributed by atoms with van der Waals surface area (Å²) in [6, 6.07) is 15.4. The Morgan fingerprint density at radius 3 is 2.83 bits per heavy atom. The second-order valence-electron chi connectivity index (χ2n) is 6.35. The number of hydrogen-bond donors (Lipinski definition) is 1. The molecule has 0 bridgehead atoms. The minimum Gasteiger partial charge on any atom is -0.324 e. The molecular weight excluding hydrogens is 366 g/mol. The molecule has 9 nitrogen and oxygen atoms in total. The van der Waals surface area contributed by atoms with Gasteiger partial charge in [-0.1, -0.05) is 17.3 Å². The van der Waals surface area contributed by atoms with Crippen LogP contribution in [-0.2, 0) is 6.54 Å². The zero-order valence-electron chi connectivity index (χ0n) is 15.1. The Labute approximate surface area is 164 Å². The highest BCUT2D eigenvalue weighted by Gasteiger charge is 2.10. The quantitative estimate of drug-likeness (QED) is 0.506. The molecule has 9 heteroatoms. The highest BCUT2D eigenvalue weighted by Crippen LogP contribution is 2.17. The number of rotatable bonds is 4. The first kappa shape index (κ1) is 16.7. The van der Waals surface area contributed by atoms with Gasteiger partial charge in [-0.2, -0.15) is 5.26 Å². The highest BCUT2D eigenvalue weighted by atomic mass is 15.5. The Balaban J connectivity index is 1.44. The molecule has 0 aliphatic heterocycles. The van der Waals surface area contributed by atoms with Gasteiger partial charge in [0.25, 0.3) is 0 Å². The smallest absolute Gasteiger partial charge is 0.221 e. The predicted octanol–water partition coefficient (Wildman–Crippen LogP) is 2.83. The predicted molar refractivity (Wildman–Crippen MR) is 106 cm³/mol. The summed E-state index contributed by atoms with van der Waals surface area (Å²) >= 11 is 0. The Morgan fingerprint density at radius 2 is 1.97 bits per heavy atom. The zero-order valence-corrected chi connectivity index (χ0v) is 15.1. The van der Waals surface area contributed by atoms with Crippen LogP contribution in [0.5, 0.6) is 0 Å². The van der Waals surface area contributed by atoms with Crippen LogP contribution in [-0.4, -0.2) is 34.9 Å². The van der Waals surface area contributed by atoms with Crippen molar-refractivity contribution in [3.05, 3.63) is 72.2 Å².